The summed E-state index contributed by atoms with van der Waals surface area (Å²) in [5.41, 5.74) is 1.94. The van der Waals surface area contributed by atoms with E-state index in [4.69, 9.17) is 9.47 Å². The zero-order chi connectivity index (χ0) is 16.2. The molecule has 2 aromatic rings. The van der Waals surface area contributed by atoms with Gasteiger partial charge in [0.05, 0.1) is 13.2 Å². The Morgan fingerprint density at radius 1 is 1.04 bits per heavy atom. The van der Waals surface area contributed by atoms with Gasteiger partial charge < -0.3 is 14.6 Å². The molecule has 118 valence electrons. The molecule has 1 aliphatic rings. The minimum absolute atomic E-state index is 0.0193. The van der Waals surface area contributed by atoms with Crippen molar-refractivity contribution in [3.05, 3.63) is 83.1 Å². The van der Waals surface area contributed by atoms with Crippen LogP contribution in [0.2, 0.25) is 0 Å². The summed E-state index contributed by atoms with van der Waals surface area (Å²) in [4.78, 5) is 12.1. The first kappa shape index (κ1) is 15.3. The molecule has 0 amide bonds. The van der Waals surface area contributed by atoms with E-state index in [2.05, 4.69) is 0 Å². The van der Waals surface area contributed by atoms with E-state index in [0.717, 1.165) is 11.1 Å². The number of aliphatic hydroxyl groups excluding tert-OH is 1. The Morgan fingerprint density at radius 2 is 1.61 bits per heavy atom. The predicted octanol–water partition coefficient (Wildman–Crippen LogP) is 3.87. The molecule has 1 N–H and O–H groups in total. The summed E-state index contributed by atoms with van der Waals surface area (Å²) in [6.45, 7) is 0. The van der Waals surface area contributed by atoms with Crippen LogP contribution in [0.5, 0.6) is 0 Å². The lowest BCUT2D eigenvalue weighted by Crippen LogP contribution is -2.25. The lowest BCUT2D eigenvalue weighted by molar-refractivity contribution is -0.140. The Morgan fingerprint density at radius 3 is 2.17 bits per heavy atom. The molecule has 2 atom stereocenters. The smallest absolute Gasteiger partial charge is 0.340 e. The Kier molecular flexibility index (Phi) is 4.44. The van der Waals surface area contributed by atoms with Crippen LogP contribution < -0.4 is 0 Å². The van der Waals surface area contributed by atoms with E-state index < -0.39 is 12.1 Å². The van der Waals surface area contributed by atoms with Gasteiger partial charge in [0.25, 0.3) is 0 Å². The van der Waals surface area contributed by atoms with Gasteiger partial charge in [-0.2, -0.15) is 0 Å². The molecule has 0 spiro atoms. The van der Waals surface area contributed by atoms with E-state index in [0.29, 0.717) is 0 Å². The van der Waals surface area contributed by atoms with Gasteiger partial charge in [0, 0.05) is 6.42 Å². The Hall–Kier alpha value is -2.59. The summed E-state index contributed by atoms with van der Waals surface area (Å²) < 4.78 is 11.0. The van der Waals surface area contributed by atoms with Crippen molar-refractivity contribution in [2.24, 2.45) is 0 Å². The van der Waals surface area contributed by atoms with E-state index in [9.17, 15) is 9.90 Å². The number of esters is 1. The molecule has 23 heavy (non-hydrogen) atoms. The van der Waals surface area contributed by atoms with Crippen molar-refractivity contribution in [2.45, 2.75) is 18.6 Å². The van der Waals surface area contributed by atoms with Crippen LogP contribution in [0.25, 0.3) is 0 Å². The van der Waals surface area contributed by atoms with Crippen LogP contribution in [-0.4, -0.2) is 18.2 Å². The largest absolute Gasteiger partial charge is 0.512 e. The second-order valence-electron chi connectivity index (χ2n) is 5.38. The fourth-order valence-corrected chi connectivity index (χ4v) is 2.79. The third-order valence-corrected chi connectivity index (χ3v) is 3.93. The number of hydrogen-bond donors (Lipinski definition) is 1. The van der Waals surface area contributed by atoms with Crippen LogP contribution in [0.1, 0.15) is 29.8 Å². The molecule has 0 radical (unpaired) electrons. The van der Waals surface area contributed by atoms with Gasteiger partial charge in [0.1, 0.15) is 17.4 Å². The molecule has 0 aromatic heterocycles. The molecule has 0 bridgehead atoms. The van der Waals surface area contributed by atoms with Crippen molar-refractivity contribution in [1.82, 2.24) is 0 Å². The minimum Gasteiger partial charge on any atom is -0.512 e. The second kappa shape index (κ2) is 6.67. The quantitative estimate of drug-likeness (QED) is 0.874. The van der Waals surface area contributed by atoms with Gasteiger partial charge in [-0.1, -0.05) is 60.7 Å². The molecule has 4 nitrogen and oxygen atoms in total. The van der Waals surface area contributed by atoms with Crippen LogP contribution in [0.4, 0.5) is 0 Å². The SMILES string of the molecule is COC(=O)C1=C(O)C[C@@H](c2ccccc2)O[C@@H]1c1ccccc1. The fourth-order valence-electron chi connectivity index (χ4n) is 2.79. The molecule has 0 unspecified atom stereocenters. The molecule has 4 heteroatoms. The zero-order valence-corrected chi connectivity index (χ0v) is 12.8. The highest BCUT2D eigenvalue weighted by Gasteiger charge is 2.36. The third kappa shape index (κ3) is 3.12. The van der Waals surface area contributed by atoms with Gasteiger partial charge in [-0.05, 0) is 11.1 Å². The lowest BCUT2D eigenvalue weighted by Gasteiger charge is -2.31. The van der Waals surface area contributed by atoms with Crippen molar-refractivity contribution < 1.29 is 19.4 Å². The van der Waals surface area contributed by atoms with Crippen molar-refractivity contribution in [1.29, 1.82) is 0 Å². The average molecular weight is 310 g/mol. The van der Waals surface area contributed by atoms with Crippen molar-refractivity contribution in [2.75, 3.05) is 7.11 Å². The number of benzene rings is 2. The topological polar surface area (TPSA) is 55.8 Å². The Bertz CT molecular complexity index is 707. The molecule has 2 aromatic carbocycles. The first-order valence-electron chi connectivity index (χ1n) is 7.46. The standard InChI is InChI=1S/C19H18O4/c1-22-19(21)17-15(20)12-16(13-8-4-2-5-9-13)23-18(17)14-10-6-3-7-11-14/h2-11,16,18,20H,12H2,1H3/t16-,18+/m0/s1. The number of ether oxygens (including phenoxy) is 2. The maximum Gasteiger partial charge on any atom is 0.340 e. The molecule has 1 aliphatic heterocycles. The Labute approximate surface area is 135 Å². The van der Waals surface area contributed by atoms with E-state index in [1.165, 1.54) is 7.11 Å². The fraction of sp³-hybridized carbons (Fsp3) is 0.211. The van der Waals surface area contributed by atoms with Gasteiger partial charge in [-0.3, -0.25) is 0 Å². The number of hydrogen-bond acceptors (Lipinski definition) is 4. The highest BCUT2D eigenvalue weighted by Crippen LogP contribution is 2.41. The monoisotopic (exact) mass is 310 g/mol. The normalized spacial score (nSPS) is 21.1. The number of rotatable bonds is 3. The summed E-state index contributed by atoms with van der Waals surface area (Å²) in [6.07, 6.45) is -0.713. The number of carbonyl (C=O) groups excluding carboxylic acids is 1. The maximum absolute atomic E-state index is 12.1. The van der Waals surface area contributed by atoms with Crippen molar-refractivity contribution >= 4 is 5.97 Å². The zero-order valence-electron chi connectivity index (χ0n) is 12.8. The van der Waals surface area contributed by atoms with Crippen molar-refractivity contribution in [3.8, 4) is 0 Å². The number of methoxy groups -OCH3 is 1. The van der Waals surface area contributed by atoms with Gasteiger partial charge in [-0.15, -0.1) is 0 Å². The second-order valence-corrected chi connectivity index (χ2v) is 5.38. The molecule has 3 rings (SSSR count). The predicted molar refractivity (Wildman–Crippen MR) is 85.7 cm³/mol. The van der Waals surface area contributed by atoms with Gasteiger partial charge in [0.15, 0.2) is 0 Å². The van der Waals surface area contributed by atoms with Crippen LogP contribution in [0.3, 0.4) is 0 Å². The number of carbonyl (C=O) groups is 1. The van der Waals surface area contributed by atoms with E-state index in [1.807, 2.05) is 60.7 Å². The highest BCUT2D eigenvalue weighted by molar-refractivity contribution is 5.90. The minimum atomic E-state index is -0.650. The third-order valence-electron chi connectivity index (χ3n) is 3.93. The molecule has 0 fully saturated rings. The molecular formula is C19H18O4. The van der Waals surface area contributed by atoms with Crippen molar-refractivity contribution in [3.63, 3.8) is 0 Å². The van der Waals surface area contributed by atoms with E-state index >= 15 is 0 Å². The maximum atomic E-state index is 12.1. The highest BCUT2D eigenvalue weighted by atomic mass is 16.5. The molecule has 0 aliphatic carbocycles. The van der Waals surface area contributed by atoms with Gasteiger partial charge in [-0.25, -0.2) is 4.79 Å². The van der Waals surface area contributed by atoms with Crippen LogP contribution in [-0.2, 0) is 14.3 Å². The van der Waals surface area contributed by atoms with Gasteiger partial charge in [0.2, 0.25) is 0 Å². The van der Waals surface area contributed by atoms with E-state index in [-0.39, 0.29) is 23.9 Å². The van der Waals surface area contributed by atoms with Gasteiger partial charge >= 0.3 is 5.97 Å². The summed E-state index contributed by atoms with van der Waals surface area (Å²) in [5, 5.41) is 10.4. The van der Waals surface area contributed by atoms with Crippen LogP contribution in [0, 0.1) is 0 Å². The molecule has 0 saturated heterocycles. The molecular weight excluding hydrogens is 292 g/mol. The summed E-state index contributed by atoms with van der Waals surface area (Å²) >= 11 is 0. The molecule has 0 saturated carbocycles. The van der Waals surface area contributed by atoms with Crippen LogP contribution >= 0.6 is 0 Å². The number of aliphatic hydroxyl groups is 1. The average Bonchev–Trinajstić information content (AvgIpc) is 2.62. The first-order chi connectivity index (χ1) is 11.2. The Balaban J connectivity index is 2.02. The first-order valence-corrected chi connectivity index (χ1v) is 7.46. The lowest BCUT2D eigenvalue weighted by atomic mass is 9.93. The van der Waals surface area contributed by atoms with Crippen LogP contribution in [0.15, 0.2) is 72.0 Å². The summed E-state index contributed by atoms with van der Waals surface area (Å²) in [5.74, 6) is -0.548. The summed E-state index contributed by atoms with van der Waals surface area (Å²) in [6, 6.07) is 19.0. The molecule has 1 heterocycles. The van der Waals surface area contributed by atoms with E-state index in [1.54, 1.807) is 0 Å². The summed E-state index contributed by atoms with van der Waals surface area (Å²) in [7, 11) is 1.30.